The number of sulfonamides is 1. The molecule has 0 bridgehead atoms. The van der Waals surface area contributed by atoms with Crippen LogP contribution < -0.4 is 14.4 Å². The second kappa shape index (κ2) is 5.38. The second-order valence-corrected chi connectivity index (χ2v) is 6.36. The molecule has 0 spiro atoms. The van der Waals surface area contributed by atoms with Crippen LogP contribution in [-0.4, -0.2) is 34.2 Å². The third kappa shape index (κ3) is 2.84. The zero-order chi connectivity index (χ0) is 14.0. The van der Waals surface area contributed by atoms with E-state index in [1.54, 1.807) is 25.1 Å². The van der Waals surface area contributed by atoms with Crippen molar-refractivity contribution in [2.24, 2.45) is 0 Å². The molecule has 1 aromatic rings. The first-order valence-electron chi connectivity index (χ1n) is 6.53. The molecular formula is C13H20N2O3S. The van der Waals surface area contributed by atoms with E-state index in [9.17, 15) is 8.42 Å². The smallest absolute Gasteiger partial charge is 0.240 e. The van der Waals surface area contributed by atoms with Gasteiger partial charge in [0.15, 0.2) is 0 Å². The molecule has 0 saturated carbocycles. The van der Waals surface area contributed by atoms with E-state index in [0.717, 1.165) is 24.5 Å². The van der Waals surface area contributed by atoms with E-state index in [1.165, 1.54) is 0 Å². The lowest BCUT2D eigenvalue weighted by molar-refractivity contribution is 0.213. The lowest BCUT2D eigenvalue weighted by atomic mass is 10.2. The molecule has 1 aliphatic rings. The van der Waals surface area contributed by atoms with Crippen LogP contribution in [0.4, 0.5) is 5.69 Å². The number of hydrogen-bond donors (Lipinski definition) is 1. The topological polar surface area (TPSA) is 58.6 Å². The summed E-state index contributed by atoms with van der Waals surface area (Å²) in [7, 11) is -3.42. The van der Waals surface area contributed by atoms with E-state index < -0.39 is 10.0 Å². The van der Waals surface area contributed by atoms with Gasteiger partial charge in [-0.1, -0.05) is 6.92 Å². The summed E-state index contributed by atoms with van der Waals surface area (Å²) >= 11 is 0. The van der Waals surface area contributed by atoms with E-state index in [0.29, 0.717) is 6.54 Å². The minimum atomic E-state index is -3.42. The molecule has 1 heterocycles. The van der Waals surface area contributed by atoms with Crippen molar-refractivity contribution in [1.82, 2.24) is 4.72 Å². The lowest BCUT2D eigenvalue weighted by Gasteiger charge is -2.34. The van der Waals surface area contributed by atoms with Gasteiger partial charge >= 0.3 is 0 Å². The summed E-state index contributed by atoms with van der Waals surface area (Å²) in [5, 5.41) is 0. The molecule has 0 radical (unpaired) electrons. The molecule has 6 heteroatoms. The number of benzene rings is 1. The fourth-order valence-corrected chi connectivity index (χ4v) is 3.31. The van der Waals surface area contributed by atoms with E-state index in [1.807, 2.05) is 13.8 Å². The summed E-state index contributed by atoms with van der Waals surface area (Å²) in [4.78, 5) is 2.42. The Balaban J connectivity index is 2.43. The van der Waals surface area contributed by atoms with Crippen LogP contribution in [0.5, 0.6) is 5.75 Å². The van der Waals surface area contributed by atoms with Crippen molar-refractivity contribution in [3.63, 3.8) is 0 Å². The molecule has 1 atom stereocenters. The maximum absolute atomic E-state index is 12.0. The highest BCUT2D eigenvalue weighted by Gasteiger charge is 2.24. The predicted octanol–water partition coefficient (Wildman–Crippen LogP) is 1.59. The molecule has 0 aromatic heterocycles. The van der Waals surface area contributed by atoms with Crippen molar-refractivity contribution in [2.45, 2.75) is 31.8 Å². The Labute approximate surface area is 114 Å². The Morgan fingerprint density at radius 1 is 1.42 bits per heavy atom. The van der Waals surface area contributed by atoms with E-state index in [4.69, 9.17) is 4.74 Å². The number of likely N-dealkylation sites (N-methyl/N-ethyl adjacent to an activating group) is 1. The third-order valence-electron chi connectivity index (χ3n) is 3.10. The highest BCUT2D eigenvalue weighted by Crippen LogP contribution is 2.35. The second-order valence-electron chi connectivity index (χ2n) is 4.60. The van der Waals surface area contributed by atoms with Crippen molar-refractivity contribution in [3.8, 4) is 5.75 Å². The Hall–Kier alpha value is -1.27. The van der Waals surface area contributed by atoms with Crippen LogP contribution in [0.2, 0.25) is 0 Å². The molecule has 0 saturated heterocycles. The van der Waals surface area contributed by atoms with Crippen LogP contribution in [0.3, 0.4) is 0 Å². The van der Waals surface area contributed by atoms with Gasteiger partial charge in [-0.2, -0.15) is 0 Å². The molecule has 106 valence electrons. The number of fused-ring (bicyclic) bond motifs is 1. The van der Waals surface area contributed by atoms with Crippen molar-refractivity contribution < 1.29 is 13.2 Å². The first kappa shape index (κ1) is 14.1. The summed E-state index contributed by atoms with van der Waals surface area (Å²) in [6, 6.07) is 5.00. The Morgan fingerprint density at radius 3 is 2.79 bits per heavy atom. The van der Waals surface area contributed by atoms with Crippen LogP contribution in [0, 0.1) is 0 Å². The first-order chi connectivity index (χ1) is 8.97. The quantitative estimate of drug-likeness (QED) is 0.912. The van der Waals surface area contributed by atoms with Gasteiger partial charge in [0.25, 0.3) is 0 Å². The highest BCUT2D eigenvalue weighted by molar-refractivity contribution is 7.89. The average molecular weight is 284 g/mol. The summed E-state index contributed by atoms with van der Waals surface area (Å²) in [5.74, 6) is 0.746. The monoisotopic (exact) mass is 284 g/mol. The number of hydrogen-bond acceptors (Lipinski definition) is 4. The number of ether oxygens (including phenoxy) is 1. The van der Waals surface area contributed by atoms with E-state index in [2.05, 4.69) is 9.62 Å². The minimum absolute atomic E-state index is 0.115. The lowest BCUT2D eigenvalue weighted by Crippen LogP contribution is -2.38. The molecule has 0 amide bonds. The highest BCUT2D eigenvalue weighted by atomic mass is 32.2. The van der Waals surface area contributed by atoms with Crippen molar-refractivity contribution in [1.29, 1.82) is 0 Å². The van der Waals surface area contributed by atoms with Crippen LogP contribution in [0.25, 0.3) is 0 Å². The number of anilines is 1. The third-order valence-corrected chi connectivity index (χ3v) is 4.65. The summed E-state index contributed by atoms with van der Waals surface area (Å²) < 4.78 is 32.2. The van der Waals surface area contributed by atoms with Crippen LogP contribution in [-0.2, 0) is 10.0 Å². The normalized spacial score (nSPS) is 18.9. The van der Waals surface area contributed by atoms with Gasteiger partial charge in [0.2, 0.25) is 10.0 Å². The molecule has 5 nitrogen and oxygen atoms in total. The maximum atomic E-state index is 12.0. The fraction of sp³-hybridized carbons (Fsp3) is 0.538. The Bertz CT molecular complexity index is 557. The zero-order valence-corrected chi connectivity index (χ0v) is 12.3. The Morgan fingerprint density at radius 2 is 2.16 bits per heavy atom. The van der Waals surface area contributed by atoms with Gasteiger partial charge in [-0.25, -0.2) is 13.1 Å². The van der Waals surface area contributed by atoms with Gasteiger partial charge in [0, 0.05) is 13.1 Å². The molecule has 1 aromatic carbocycles. The van der Waals surface area contributed by atoms with Crippen LogP contribution >= 0.6 is 0 Å². The molecule has 1 unspecified atom stereocenters. The van der Waals surface area contributed by atoms with Gasteiger partial charge in [0.05, 0.1) is 17.1 Å². The zero-order valence-electron chi connectivity index (χ0n) is 11.5. The summed E-state index contributed by atoms with van der Waals surface area (Å²) in [6.07, 6.45) is 0.115. The minimum Gasteiger partial charge on any atom is -0.487 e. The SMILES string of the molecule is CCNS(=O)(=O)c1ccc2c(c1)N(CC)CC(C)O2. The molecule has 0 aliphatic carbocycles. The first-order valence-corrected chi connectivity index (χ1v) is 8.01. The standard InChI is InChI=1S/C13H20N2O3S/c1-4-14-19(16,17)11-6-7-13-12(8-11)15(5-2)9-10(3)18-13/h6-8,10,14H,4-5,9H2,1-3H3. The predicted molar refractivity (Wildman–Crippen MR) is 75.3 cm³/mol. The van der Waals surface area contributed by atoms with E-state index >= 15 is 0 Å². The molecule has 0 fully saturated rings. The number of nitrogens with zero attached hydrogens (tertiary/aromatic N) is 1. The average Bonchev–Trinajstić information content (AvgIpc) is 2.37. The summed E-state index contributed by atoms with van der Waals surface area (Å²) in [6.45, 7) is 7.80. The van der Waals surface area contributed by atoms with Crippen molar-refractivity contribution >= 4 is 15.7 Å². The molecule has 2 rings (SSSR count). The van der Waals surface area contributed by atoms with Gasteiger partial charge in [0.1, 0.15) is 11.9 Å². The maximum Gasteiger partial charge on any atom is 0.240 e. The van der Waals surface area contributed by atoms with Gasteiger partial charge in [-0.15, -0.1) is 0 Å². The van der Waals surface area contributed by atoms with Gasteiger partial charge in [-0.3, -0.25) is 0 Å². The molecular weight excluding hydrogens is 264 g/mol. The number of nitrogens with one attached hydrogen (secondary N) is 1. The van der Waals surface area contributed by atoms with Gasteiger partial charge < -0.3 is 9.64 Å². The van der Waals surface area contributed by atoms with E-state index in [-0.39, 0.29) is 11.0 Å². The Kier molecular flexibility index (Phi) is 4.01. The fourth-order valence-electron chi connectivity index (χ4n) is 2.25. The number of rotatable bonds is 4. The van der Waals surface area contributed by atoms with Crippen LogP contribution in [0.1, 0.15) is 20.8 Å². The van der Waals surface area contributed by atoms with Crippen LogP contribution in [0.15, 0.2) is 23.1 Å². The largest absolute Gasteiger partial charge is 0.487 e. The molecule has 1 N–H and O–H groups in total. The molecule has 1 aliphatic heterocycles. The van der Waals surface area contributed by atoms with Gasteiger partial charge in [-0.05, 0) is 32.0 Å². The molecule has 19 heavy (non-hydrogen) atoms. The van der Waals surface area contributed by atoms with Crippen molar-refractivity contribution in [3.05, 3.63) is 18.2 Å². The van der Waals surface area contributed by atoms with Crippen molar-refractivity contribution in [2.75, 3.05) is 24.5 Å². The summed E-state index contributed by atoms with van der Waals surface area (Å²) in [5.41, 5.74) is 0.847.